The summed E-state index contributed by atoms with van der Waals surface area (Å²) in [6.45, 7) is -0.460. The van der Waals surface area contributed by atoms with Crippen LogP contribution >= 0.6 is 0 Å². The first kappa shape index (κ1) is 20.4. The normalized spacial score (nSPS) is 13.8. The number of nitrogens with zero attached hydrogens (tertiary/aromatic N) is 1. The van der Waals surface area contributed by atoms with Gasteiger partial charge in [-0.3, -0.25) is 4.79 Å². The van der Waals surface area contributed by atoms with Crippen molar-refractivity contribution in [3.63, 3.8) is 0 Å². The van der Waals surface area contributed by atoms with Crippen LogP contribution in [-0.4, -0.2) is 37.7 Å². The van der Waals surface area contributed by atoms with Crippen LogP contribution in [0.25, 0.3) is 22.6 Å². The Morgan fingerprint density at radius 2 is 1.84 bits per heavy atom. The van der Waals surface area contributed by atoms with Crippen molar-refractivity contribution >= 4 is 34.4 Å². The number of methoxy groups -OCH3 is 2. The monoisotopic (exact) mass is 418 g/mol. The van der Waals surface area contributed by atoms with E-state index in [1.54, 1.807) is 14.2 Å². The van der Waals surface area contributed by atoms with E-state index in [-0.39, 0.29) is 0 Å². The summed E-state index contributed by atoms with van der Waals surface area (Å²) in [5, 5.41) is 0.697. The predicted octanol–water partition coefficient (Wildman–Crippen LogP) is 3.38. The van der Waals surface area contributed by atoms with E-state index in [0.29, 0.717) is 34.4 Å². The van der Waals surface area contributed by atoms with Crippen molar-refractivity contribution in [2.24, 2.45) is 5.73 Å². The first-order valence-corrected chi connectivity index (χ1v) is 9.82. The fraction of sp³-hybridized carbons (Fsp3) is 0.208. The molecule has 0 atom stereocenters. The quantitative estimate of drug-likeness (QED) is 0.616. The van der Waals surface area contributed by atoms with Gasteiger partial charge in [0.25, 0.3) is 5.91 Å². The Bertz CT molecular complexity index is 1220. The fourth-order valence-corrected chi connectivity index (χ4v) is 3.86. The first-order valence-electron chi connectivity index (χ1n) is 9.82. The van der Waals surface area contributed by atoms with Gasteiger partial charge in [-0.1, -0.05) is 24.3 Å². The summed E-state index contributed by atoms with van der Waals surface area (Å²) >= 11 is 0. The van der Waals surface area contributed by atoms with Gasteiger partial charge in [-0.25, -0.2) is 9.78 Å². The molecule has 7 nitrogen and oxygen atoms in total. The predicted molar refractivity (Wildman–Crippen MR) is 117 cm³/mol. The number of hydrogen-bond donors (Lipinski definition) is 1. The molecule has 0 spiro atoms. The van der Waals surface area contributed by atoms with Crippen molar-refractivity contribution < 1.29 is 23.8 Å². The molecule has 1 aromatic heterocycles. The van der Waals surface area contributed by atoms with Crippen molar-refractivity contribution in [3.05, 3.63) is 64.8 Å². The Morgan fingerprint density at radius 3 is 2.58 bits per heavy atom. The van der Waals surface area contributed by atoms with Crippen LogP contribution < -0.4 is 15.2 Å². The molecule has 7 heteroatoms. The van der Waals surface area contributed by atoms with Crippen molar-refractivity contribution in [2.45, 2.75) is 12.8 Å². The number of rotatable bonds is 6. The van der Waals surface area contributed by atoms with E-state index in [1.807, 2.05) is 48.5 Å². The van der Waals surface area contributed by atoms with E-state index in [0.717, 1.165) is 28.8 Å². The number of carbonyl (C=O) groups is 2. The van der Waals surface area contributed by atoms with Crippen LogP contribution in [0.5, 0.6) is 11.5 Å². The molecule has 0 radical (unpaired) electrons. The van der Waals surface area contributed by atoms with Gasteiger partial charge < -0.3 is 19.9 Å². The summed E-state index contributed by atoms with van der Waals surface area (Å²) in [5.74, 6) is 0.0238. The van der Waals surface area contributed by atoms with Crippen LogP contribution in [0.15, 0.2) is 42.5 Å². The minimum Gasteiger partial charge on any atom is -0.493 e. The van der Waals surface area contributed by atoms with Gasteiger partial charge in [-0.15, -0.1) is 0 Å². The van der Waals surface area contributed by atoms with Crippen molar-refractivity contribution in [1.82, 2.24) is 4.98 Å². The van der Waals surface area contributed by atoms with Gasteiger partial charge in [0, 0.05) is 5.39 Å². The molecular formula is C24H22N2O5. The molecule has 158 valence electrons. The van der Waals surface area contributed by atoms with E-state index < -0.39 is 18.5 Å². The highest BCUT2D eigenvalue weighted by molar-refractivity contribution is 6.07. The molecule has 2 aromatic carbocycles. The van der Waals surface area contributed by atoms with Gasteiger partial charge in [-0.2, -0.15) is 0 Å². The number of amides is 1. The van der Waals surface area contributed by atoms with Crippen LogP contribution in [0.4, 0.5) is 0 Å². The average molecular weight is 418 g/mol. The Morgan fingerprint density at radius 1 is 1.06 bits per heavy atom. The number of esters is 1. The van der Waals surface area contributed by atoms with Gasteiger partial charge in [-0.05, 0) is 53.8 Å². The lowest BCUT2D eigenvalue weighted by atomic mass is 10.0. The summed E-state index contributed by atoms with van der Waals surface area (Å²) < 4.78 is 15.8. The zero-order valence-corrected chi connectivity index (χ0v) is 17.3. The second-order valence-electron chi connectivity index (χ2n) is 7.16. The third-order valence-corrected chi connectivity index (χ3v) is 5.24. The number of aromatic nitrogens is 1. The lowest BCUT2D eigenvalue weighted by Gasteiger charge is -2.12. The number of carbonyl (C=O) groups excluding carboxylic acids is 2. The van der Waals surface area contributed by atoms with Crippen LogP contribution in [0.1, 0.15) is 33.6 Å². The van der Waals surface area contributed by atoms with Gasteiger partial charge in [0.1, 0.15) is 0 Å². The van der Waals surface area contributed by atoms with Crippen molar-refractivity contribution in [2.75, 3.05) is 20.8 Å². The molecule has 0 bridgehead atoms. The minimum absolute atomic E-state index is 0.442. The average Bonchev–Trinajstić information content (AvgIpc) is 3.17. The third kappa shape index (κ3) is 3.94. The zero-order chi connectivity index (χ0) is 22.0. The van der Waals surface area contributed by atoms with Gasteiger partial charge in [0.05, 0.1) is 31.0 Å². The zero-order valence-electron chi connectivity index (χ0n) is 17.3. The number of hydrogen-bond acceptors (Lipinski definition) is 6. The summed E-state index contributed by atoms with van der Waals surface area (Å²) in [5.41, 5.74) is 9.80. The minimum atomic E-state index is -0.697. The van der Waals surface area contributed by atoms with E-state index >= 15 is 0 Å². The highest BCUT2D eigenvalue weighted by Crippen LogP contribution is 2.38. The van der Waals surface area contributed by atoms with Crippen LogP contribution in [0.3, 0.4) is 0 Å². The fourth-order valence-electron chi connectivity index (χ4n) is 3.86. The molecule has 1 aliphatic rings. The number of para-hydroxylation sites is 1. The Kier molecular flexibility index (Phi) is 5.58. The molecule has 1 heterocycles. The number of fused-ring (bicyclic) bond motifs is 2. The largest absolute Gasteiger partial charge is 0.493 e. The number of nitrogens with two attached hydrogens (primary N) is 1. The molecule has 4 rings (SSSR count). The number of allylic oxidation sites excluding steroid dienone is 1. The number of ether oxygens (including phenoxy) is 3. The molecule has 31 heavy (non-hydrogen) atoms. The maximum atomic E-state index is 12.8. The SMILES string of the molecule is COc1ccc(C=C2CCc3c2nc2ccccc2c3C(=O)OCC(N)=O)cc1OC. The van der Waals surface area contributed by atoms with Crippen molar-refractivity contribution in [1.29, 1.82) is 0 Å². The lowest BCUT2D eigenvalue weighted by Crippen LogP contribution is -2.21. The highest BCUT2D eigenvalue weighted by atomic mass is 16.5. The third-order valence-electron chi connectivity index (χ3n) is 5.24. The second-order valence-corrected chi connectivity index (χ2v) is 7.16. The smallest absolute Gasteiger partial charge is 0.339 e. The number of primary amides is 1. The van der Waals surface area contributed by atoms with Gasteiger partial charge in [0.2, 0.25) is 0 Å². The molecule has 0 unspecified atom stereocenters. The first-order chi connectivity index (χ1) is 15.0. The molecule has 1 amide bonds. The molecule has 0 saturated heterocycles. The molecule has 3 aromatic rings. The maximum Gasteiger partial charge on any atom is 0.339 e. The molecule has 2 N–H and O–H groups in total. The molecular weight excluding hydrogens is 396 g/mol. The van der Waals surface area contributed by atoms with E-state index in [1.165, 1.54) is 0 Å². The van der Waals surface area contributed by atoms with E-state index in [9.17, 15) is 9.59 Å². The number of pyridine rings is 1. The second kappa shape index (κ2) is 8.47. The van der Waals surface area contributed by atoms with Crippen LogP contribution in [0.2, 0.25) is 0 Å². The Labute approximate surface area is 179 Å². The van der Waals surface area contributed by atoms with Crippen LogP contribution in [-0.2, 0) is 16.0 Å². The Hall–Kier alpha value is -3.87. The van der Waals surface area contributed by atoms with Gasteiger partial charge in [0.15, 0.2) is 18.1 Å². The maximum absolute atomic E-state index is 12.8. The molecule has 0 aliphatic heterocycles. The molecule has 0 fully saturated rings. The highest BCUT2D eigenvalue weighted by Gasteiger charge is 2.27. The summed E-state index contributed by atoms with van der Waals surface area (Å²) in [6, 6.07) is 13.1. The number of benzene rings is 2. The van der Waals surface area contributed by atoms with E-state index in [4.69, 9.17) is 24.9 Å². The standard InChI is InChI=1S/C24H22N2O5/c1-29-19-10-7-14(12-20(19)30-2)11-15-8-9-17-22(24(28)31-13-21(25)27)16-5-3-4-6-18(16)26-23(15)17/h3-7,10-12H,8-9,13H2,1-2H3,(H2,25,27). The lowest BCUT2D eigenvalue weighted by molar-refractivity contribution is -0.121. The molecule has 1 aliphatic carbocycles. The Balaban J connectivity index is 1.81. The molecule has 0 saturated carbocycles. The van der Waals surface area contributed by atoms with Crippen molar-refractivity contribution in [3.8, 4) is 11.5 Å². The van der Waals surface area contributed by atoms with E-state index in [2.05, 4.69) is 0 Å². The topological polar surface area (TPSA) is 101 Å². The van der Waals surface area contributed by atoms with Gasteiger partial charge >= 0.3 is 5.97 Å². The summed E-state index contributed by atoms with van der Waals surface area (Å²) in [6.07, 6.45) is 3.41. The summed E-state index contributed by atoms with van der Waals surface area (Å²) in [4.78, 5) is 28.7. The van der Waals surface area contributed by atoms with Crippen LogP contribution in [0, 0.1) is 0 Å². The summed E-state index contributed by atoms with van der Waals surface area (Å²) in [7, 11) is 3.19.